The molecule has 20 heavy (non-hydrogen) atoms. The van der Waals surface area contributed by atoms with E-state index in [2.05, 4.69) is 5.16 Å². The summed E-state index contributed by atoms with van der Waals surface area (Å²) >= 11 is 0. The summed E-state index contributed by atoms with van der Waals surface area (Å²) in [6, 6.07) is 4.37. The summed E-state index contributed by atoms with van der Waals surface area (Å²) < 4.78 is 13.4. The maximum Gasteiger partial charge on any atom is 0.253 e. The molecule has 1 heterocycles. The topological polar surface area (TPSA) is 52.9 Å². The highest BCUT2D eigenvalue weighted by Crippen LogP contribution is 2.20. The molecule has 0 aliphatic carbocycles. The van der Waals surface area contributed by atoms with E-state index in [1.54, 1.807) is 17.9 Å². The SMILES string of the molecule is CCC1CN(C(=O)c2cc(C)cc(F)c2)CC/C1=N\O. The van der Waals surface area contributed by atoms with Crippen LogP contribution < -0.4 is 0 Å². The van der Waals surface area contributed by atoms with E-state index in [-0.39, 0.29) is 11.8 Å². The van der Waals surface area contributed by atoms with E-state index < -0.39 is 5.82 Å². The second-order valence-electron chi connectivity index (χ2n) is 5.21. The molecular formula is C15H19FN2O2. The highest BCUT2D eigenvalue weighted by Gasteiger charge is 2.28. The molecule has 0 bridgehead atoms. The number of amides is 1. The van der Waals surface area contributed by atoms with Crippen LogP contribution in [0.1, 0.15) is 35.7 Å². The molecule has 1 aromatic rings. The van der Waals surface area contributed by atoms with E-state index in [4.69, 9.17) is 5.21 Å². The number of carbonyl (C=O) groups excluding carboxylic acids is 1. The zero-order chi connectivity index (χ0) is 14.7. The van der Waals surface area contributed by atoms with Crippen molar-refractivity contribution in [3.05, 3.63) is 35.1 Å². The van der Waals surface area contributed by atoms with Gasteiger partial charge in [0.2, 0.25) is 0 Å². The Morgan fingerprint density at radius 2 is 2.25 bits per heavy atom. The lowest BCUT2D eigenvalue weighted by Crippen LogP contribution is -2.44. The number of benzene rings is 1. The first-order valence-electron chi connectivity index (χ1n) is 6.82. The Bertz CT molecular complexity index is 522. The second kappa shape index (κ2) is 6.03. The molecule has 1 aliphatic rings. The van der Waals surface area contributed by atoms with Crippen molar-refractivity contribution in [2.75, 3.05) is 13.1 Å². The van der Waals surface area contributed by atoms with Gasteiger partial charge in [-0.1, -0.05) is 12.1 Å². The van der Waals surface area contributed by atoms with Gasteiger partial charge in [0.25, 0.3) is 5.91 Å². The van der Waals surface area contributed by atoms with Gasteiger partial charge in [-0.3, -0.25) is 4.79 Å². The first kappa shape index (κ1) is 14.5. The molecule has 2 rings (SSSR count). The van der Waals surface area contributed by atoms with E-state index >= 15 is 0 Å². The van der Waals surface area contributed by atoms with Crippen LogP contribution in [0.4, 0.5) is 4.39 Å². The van der Waals surface area contributed by atoms with Crippen LogP contribution in [0, 0.1) is 18.7 Å². The number of nitrogens with zero attached hydrogens (tertiary/aromatic N) is 2. The van der Waals surface area contributed by atoms with Gasteiger partial charge in [0.05, 0.1) is 5.71 Å². The van der Waals surface area contributed by atoms with Gasteiger partial charge in [-0.25, -0.2) is 4.39 Å². The molecule has 108 valence electrons. The fraction of sp³-hybridized carbons (Fsp3) is 0.467. The van der Waals surface area contributed by atoms with Gasteiger partial charge in [0, 0.05) is 31.0 Å². The lowest BCUT2D eigenvalue weighted by atomic mass is 9.92. The molecule has 5 heteroatoms. The average molecular weight is 278 g/mol. The van der Waals surface area contributed by atoms with Crippen molar-refractivity contribution >= 4 is 11.6 Å². The van der Waals surface area contributed by atoms with Crippen molar-refractivity contribution in [1.82, 2.24) is 4.90 Å². The molecule has 1 saturated heterocycles. The van der Waals surface area contributed by atoms with E-state index in [1.165, 1.54) is 12.1 Å². The normalized spacial score (nSPS) is 21.2. The van der Waals surface area contributed by atoms with Crippen LogP contribution in [0.25, 0.3) is 0 Å². The number of hydrogen-bond donors (Lipinski definition) is 1. The summed E-state index contributed by atoms with van der Waals surface area (Å²) in [6.07, 6.45) is 1.38. The first-order chi connectivity index (χ1) is 9.55. The third-order valence-electron chi connectivity index (χ3n) is 3.75. The molecule has 1 unspecified atom stereocenters. The molecule has 0 radical (unpaired) electrons. The van der Waals surface area contributed by atoms with Crippen molar-refractivity contribution in [2.45, 2.75) is 26.7 Å². The number of likely N-dealkylation sites (tertiary alicyclic amines) is 1. The van der Waals surface area contributed by atoms with Gasteiger partial charge in [-0.15, -0.1) is 0 Å². The molecule has 1 aromatic carbocycles. The lowest BCUT2D eigenvalue weighted by Gasteiger charge is -2.33. The van der Waals surface area contributed by atoms with Gasteiger partial charge in [-0.2, -0.15) is 0 Å². The van der Waals surface area contributed by atoms with Crippen molar-refractivity contribution < 1.29 is 14.4 Å². The molecule has 0 spiro atoms. The van der Waals surface area contributed by atoms with Crippen LogP contribution in [0.2, 0.25) is 0 Å². The summed E-state index contributed by atoms with van der Waals surface area (Å²) in [5.74, 6) is -0.481. The van der Waals surface area contributed by atoms with Crippen LogP contribution in [0.3, 0.4) is 0 Å². The number of oxime groups is 1. The van der Waals surface area contributed by atoms with Gasteiger partial charge in [0.1, 0.15) is 5.82 Å². The molecule has 4 nitrogen and oxygen atoms in total. The Hall–Kier alpha value is -1.91. The van der Waals surface area contributed by atoms with Crippen LogP contribution in [0.15, 0.2) is 23.4 Å². The zero-order valence-electron chi connectivity index (χ0n) is 11.8. The smallest absolute Gasteiger partial charge is 0.253 e. The number of halogens is 1. The predicted molar refractivity (Wildman–Crippen MR) is 74.7 cm³/mol. The lowest BCUT2D eigenvalue weighted by molar-refractivity contribution is 0.0728. The van der Waals surface area contributed by atoms with Crippen LogP contribution in [-0.2, 0) is 0 Å². The van der Waals surface area contributed by atoms with E-state index in [0.29, 0.717) is 25.1 Å². The summed E-state index contributed by atoms with van der Waals surface area (Å²) in [7, 11) is 0. The molecule has 1 fully saturated rings. The van der Waals surface area contributed by atoms with Gasteiger partial charge < -0.3 is 10.1 Å². The van der Waals surface area contributed by atoms with Crippen LogP contribution >= 0.6 is 0 Å². The van der Waals surface area contributed by atoms with E-state index in [0.717, 1.165) is 17.7 Å². The van der Waals surface area contributed by atoms with Gasteiger partial charge in [0.15, 0.2) is 0 Å². The van der Waals surface area contributed by atoms with Crippen molar-refractivity contribution in [2.24, 2.45) is 11.1 Å². The Labute approximate surface area is 117 Å². The van der Waals surface area contributed by atoms with Crippen molar-refractivity contribution in [3.63, 3.8) is 0 Å². The zero-order valence-corrected chi connectivity index (χ0v) is 11.8. The largest absolute Gasteiger partial charge is 0.411 e. The summed E-state index contributed by atoms with van der Waals surface area (Å²) in [5.41, 5.74) is 1.85. The third-order valence-corrected chi connectivity index (χ3v) is 3.75. The molecule has 0 saturated carbocycles. The Kier molecular flexibility index (Phi) is 4.37. The minimum atomic E-state index is -0.394. The number of aryl methyl sites for hydroxylation is 1. The maximum atomic E-state index is 13.4. The minimum Gasteiger partial charge on any atom is -0.411 e. The third kappa shape index (κ3) is 2.98. The minimum absolute atomic E-state index is 0.0763. The average Bonchev–Trinajstić information content (AvgIpc) is 2.44. The van der Waals surface area contributed by atoms with Gasteiger partial charge >= 0.3 is 0 Å². The molecule has 1 aliphatic heterocycles. The van der Waals surface area contributed by atoms with Crippen LogP contribution in [-0.4, -0.2) is 34.8 Å². The fourth-order valence-corrected chi connectivity index (χ4v) is 2.64. The highest BCUT2D eigenvalue weighted by atomic mass is 19.1. The first-order valence-corrected chi connectivity index (χ1v) is 6.82. The quantitative estimate of drug-likeness (QED) is 0.668. The highest BCUT2D eigenvalue weighted by molar-refractivity contribution is 5.96. The molecule has 1 atom stereocenters. The number of hydrogen-bond acceptors (Lipinski definition) is 3. The Morgan fingerprint density at radius 1 is 1.50 bits per heavy atom. The van der Waals surface area contributed by atoms with Crippen molar-refractivity contribution in [3.8, 4) is 0 Å². The Balaban J connectivity index is 2.17. The monoisotopic (exact) mass is 278 g/mol. The molecular weight excluding hydrogens is 259 g/mol. The van der Waals surface area contributed by atoms with E-state index in [1.807, 2.05) is 6.92 Å². The maximum absolute atomic E-state index is 13.4. The van der Waals surface area contributed by atoms with Crippen LogP contribution in [0.5, 0.6) is 0 Å². The molecule has 1 N–H and O–H groups in total. The standard InChI is InChI=1S/C15H19FN2O2/c1-3-11-9-18(5-4-14(11)17-20)15(19)12-6-10(2)7-13(16)8-12/h6-8,11,20H,3-5,9H2,1-2H3/b17-14+. The number of carbonyl (C=O) groups is 1. The number of rotatable bonds is 2. The number of piperidine rings is 1. The fourth-order valence-electron chi connectivity index (χ4n) is 2.64. The predicted octanol–water partition coefficient (Wildman–Crippen LogP) is 2.84. The molecule has 1 amide bonds. The second-order valence-corrected chi connectivity index (χ2v) is 5.21. The van der Waals surface area contributed by atoms with E-state index in [9.17, 15) is 9.18 Å². The van der Waals surface area contributed by atoms with Gasteiger partial charge in [-0.05, 0) is 37.1 Å². The summed E-state index contributed by atoms with van der Waals surface area (Å²) in [6.45, 7) is 4.78. The summed E-state index contributed by atoms with van der Waals surface area (Å²) in [4.78, 5) is 14.1. The summed E-state index contributed by atoms with van der Waals surface area (Å²) in [5, 5.41) is 12.3. The van der Waals surface area contributed by atoms with Crippen molar-refractivity contribution in [1.29, 1.82) is 0 Å². The molecule has 0 aromatic heterocycles. The Morgan fingerprint density at radius 3 is 2.85 bits per heavy atom.